The molecule has 1 fully saturated rings. The number of aromatic nitrogens is 2. The van der Waals surface area contributed by atoms with Crippen LogP contribution in [0, 0.1) is 5.92 Å². The van der Waals surface area contributed by atoms with Gasteiger partial charge in [0.1, 0.15) is 5.82 Å². The highest BCUT2D eigenvalue weighted by atomic mass is 15.3. The standard InChI is InChI=1S/C16H30N4/c1-3-5-6-14(4-2)13-19-10-7-15(8-11-19)20-12-9-16(17)18-20/h9,12,14-15H,3-8,10-11,13H2,1-2H3,(H2,17,18). The lowest BCUT2D eigenvalue weighted by atomic mass is 9.97. The second-order valence-electron chi connectivity index (χ2n) is 6.17. The lowest BCUT2D eigenvalue weighted by Crippen LogP contribution is -2.37. The van der Waals surface area contributed by atoms with Crippen LogP contribution in [0.3, 0.4) is 0 Å². The number of piperidine rings is 1. The Kier molecular flexibility index (Phi) is 5.89. The molecule has 1 saturated heterocycles. The maximum atomic E-state index is 5.70. The lowest BCUT2D eigenvalue weighted by Gasteiger charge is -2.34. The molecule has 1 aliphatic rings. The summed E-state index contributed by atoms with van der Waals surface area (Å²) in [7, 11) is 0. The largest absolute Gasteiger partial charge is 0.382 e. The summed E-state index contributed by atoms with van der Waals surface area (Å²) in [4.78, 5) is 2.65. The van der Waals surface area contributed by atoms with Crippen molar-refractivity contribution in [2.75, 3.05) is 25.4 Å². The van der Waals surface area contributed by atoms with E-state index in [2.05, 4.69) is 28.5 Å². The summed E-state index contributed by atoms with van der Waals surface area (Å²) in [5, 5.41) is 4.35. The van der Waals surface area contributed by atoms with Crippen LogP contribution >= 0.6 is 0 Å². The van der Waals surface area contributed by atoms with Crippen molar-refractivity contribution in [1.82, 2.24) is 14.7 Å². The highest BCUT2D eigenvalue weighted by molar-refractivity contribution is 5.24. The summed E-state index contributed by atoms with van der Waals surface area (Å²) in [6, 6.07) is 2.43. The fraction of sp³-hybridized carbons (Fsp3) is 0.812. The van der Waals surface area contributed by atoms with E-state index in [0.29, 0.717) is 11.9 Å². The Morgan fingerprint density at radius 1 is 1.35 bits per heavy atom. The van der Waals surface area contributed by atoms with E-state index in [0.717, 1.165) is 5.92 Å². The van der Waals surface area contributed by atoms with Gasteiger partial charge in [-0.25, -0.2) is 0 Å². The SMILES string of the molecule is CCCCC(CC)CN1CCC(n2ccc(N)n2)CC1. The quantitative estimate of drug-likeness (QED) is 0.832. The number of likely N-dealkylation sites (tertiary alicyclic amines) is 1. The summed E-state index contributed by atoms with van der Waals surface area (Å²) in [5.41, 5.74) is 5.70. The zero-order chi connectivity index (χ0) is 14.4. The number of anilines is 1. The Morgan fingerprint density at radius 3 is 2.65 bits per heavy atom. The number of unbranched alkanes of at least 4 members (excludes halogenated alkanes) is 1. The molecule has 0 bridgehead atoms. The van der Waals surface area contributed by atoms with E-state index >= 15 is 0 Å². The lowest BCUT2D eigenvalue weighted by molar-refractivity contribution is 0.152. The summed E-state index contributed by atoms with van der Waals surface area (Å²) in [6.07, 6.45) is 9.82. The molecule has 1 aromatic rings. The molecule has 2 N–H and O–H groups in total. The number of nitrogens with zero attached hydrogens (tertiary/aromatic N) is 3. The van der Waals surface area contributed by atoms with Crippen LogP contribution in [0.5, 0.6) is 0 Å². The molecule has 4 nitrogen and oxygen atoms in total. The molecule has 0 spiro atoms. The predicted molar refractivity (Wildman–Crippen MR) is 84.7 cm³/mol. The van der Waals surface area contributed by atoms with E-state index in [1.165, 1.54) is 58.2 Å². The molecule has 2 rings (SSSR count). The normalized spacial score (nSPS) is 19.3. The minimum Gasteiger partial charge on any atom is -0.382 e. The summed E-state index contributed by atoms with van der Waals surface area (Å²) in [5.74, 6) is 1.52. The third-order valence-corrected chi connectivity index (χ3v) is 4.62. The van der Waals surface area contributed by atoms with E-state index in [1.807, 2.05) is 12.3 Å². The second-order valence-corrected chi connectivity index (χ2v) is 6.17. The minimum atomic E-state index is 0.541. The number of nitrogens with two attached hydrogens (primary N) is 1. The maximum absolute atomic E-state index is 5.70. The fourth-order valence-electron chi connectivity index (χ4n) is 3.21. The van der Waals surface area contributed by atoms with Gasteiger partial charge in [0.25, 0.3) is 0 Å². The van der Waals surface area contributed by atoms with Gasteiger partial charge in [-0.1, -0.05) is 33.1 Å². The molecule has 0 aromatic carbocycles. The van der Waals surface area contributed by atoms with Crippen molar-refractivity contribution in [3.05, 3.63) is 12.3 Å². The molecular formula is C16H30N4. The fourth-order valence-corrected chi connectivity index (χ4v) is 3.21. The molecule has 20 heavy (non-hydrogen) atoms. The molecule has 4 heteroatoms. The van der Waals surface area contributed by atoms with Gasteiger partial charge >= 0.3 is 0 Å². The van der Waals surface area contributed by atoms with Gasteiger partial charge in [-0.3, -0.25) is 4.68 Å². The van der Waals surface area contributed by atoms with Crippen molar-refractivity contribution in [3.8, 4) is 0 Å². The van der Waals surface area contributed by atoms with Gasteiger partial charge in [0.15, 0.2) is 0 Å². The second kappa shape index (κ2) is 7.67. The molecule has 1 atom stereocenters. The van der Waals surface area contributed by atoms with E-state index in [1.54, 1.807) is 0 Å². The van der Waals surface area contributed by atoms with Crippen molar-refractivity contribution in [3.63, 3.8) is 0 Å². The summed E-state index contributed by atoms with van der Waals surface area (Å²) < 4.78 is 2.06. The molecule has 1 unspecified atom stereocenters. The number of nitrogen functional groups attached to an aromatic ring is 1. The van der Waals surface area contributed by atoms with Gasteiger partial charge in [0.2, 0.25) is 0 Å². The van der Waals surface area contributed by atoms with Crippen LogP contribution in [-0.4, -0.2) is 34.3 Å². The van der Waals surface area contributed by atoms with Crippen molar-refractivity contribution in [2.24, 2.45) is 5.92 Å². The third-order valence-electron chi connectivity index (χ3n) is 4.62. The Morgan fingerprint density at radius 2 is 2.10 bits per heavy atom. The smallest absolute Gasteiger partial charge is 0.145 e. The third kappa shape index (κ3) is 4.23. The van der Waals surface area contributed by atoms with Crippen LogP contribution in [-0.2, 0) is 0 Å². The van der Waals surface area contributed by atoms with Gasteiger partial charge in [-0.05, 0) is 31.2 Å². The Hall–Kier alpha value is -1.03. The Balaban J connectivity index is 1.76. The van der Waals surface area contributed by atoms with Gasteiger partial charge in [0.05, 0.1) is 6.04 Å². The van der Waals surface area contributed by atoms with E-state index in [-0.39, 0.29) is 0 Å². The Bertz CT molecular complexity index is 380. The first-order valence-corrected chi connectivity index (χ1v) is 8.25. The minimum absolute atomic E-state index is 0.541. The highest BCUT2D eigenvalue weighted by Gasteiger charge is 2.22. The molecule has 0 saturated carbocycles. The maximum Gasteiger partial charge on any atom is 0.145 e. The van der Waals surface area contributed by atoms with E-state index < -0.39 is 0 Å². The van der Waals surface area contributed by atoms with E-state index in [9.17, 15) is 0 Å². The van der Waals surface area contributed by atoms with Crippen LogP contribution in [0.1, 0.15) is 58.4 Å². The van der Waals surface area contributed by atoms with Crippen molar-refractivity contribution >= 4 is 5.82 Å². The molecule has 0 radical (unpaired) electrons. The molecule has 114 valence electrons. The summed E-state index contributed by atoms with van der Waals surface area (Å²) in [6.45, 7) is 8.30. The number of hydrogen-bond donors (Lipinski definition) is 1. The van der Waals surface area contributed by atoms with Crippen molar-refractivity contribution < 1.29 is 0 Å². The van der Waals surface area contributed by atoms with Gasteiger partial charge in [-0.2, -0.15) is 5.10 Å². The van der Waals surface area contributed by atoms with Crippen molar-refractivity contribution in [2.45, 2.75) is 58.4 Å². The first-order chi connectivity index (χ1) is 9.72. The highest BCUT2D eigenvalue weighted by Crippen LogP contribution is 2.24. The Labute approximate surface area is 123 Å². The molecule has 1 aromatic heterocycles. The zero-order valence-electron chi connectivity index (χ0n) is 13.1. The van der Waals surface area contributed by atoms with Gasteiger partial charge in [0, 0.05) is 25.8 Å². The number of hydrogen-bond acceptors (Lipinski definition) is 3. The predicted octanol–water partition coefficient (Wildman–Crippen LogP) is 3.32. The molecule has 0 amide bonds. The van der Waals surface area contributed by atoms with Crippen molar-refractivity contribution in [1.29, 1.82) is 0 Å². The van der Waals surface area contributed by atoms with Crippen LogP contribution in [0.4, 0.5) is 5.82 Å². The first-order valence-electron chi connectivity index (χ1n) is 8.25. The molecule has 2 heterocycles. The first kappa shape index (κ1) is 15.4. The van der Waals surface area contributed by atoms with Gasteiger partial charge in [-0.15, -0.1) is 0 Å². The number of rotatable bonds is 7. The average molecular weight is 278 g/mol. The van der Waals surface area contributed by atoms with Crippen LogP contribution < -0.4 is 5.73 Å². The monoisotopic (exact) mass is 278 g/mol. The molecular weight excluding hydrogens is 248 g/mol. The van der Waals surface area contributed by atoms with Crippen LogP contribution in [0.15, 0.2) is 12.3 Å². The topological polar surface area (TPSA) is 47.1 Å². The summed E-state index contributed by atoms with van der Waals surface area (Å²) >= 11 is 0. The average Bonchev–Trinajstić information content (AvgIpc) is 2.90. The molecule has 0 aliphatic carbocycles. The van der Waals surface area contributed by atoms with E-state index in [4.69, 9.17) is 5.73 Å². The van der Waals surface area contributed by atoms with Gasteiger partial charge < -0.3 is 10.6 Å². The molecule has 1 aliphatic heterocycles. The van der Waals surface area contributed by atoms with Crippen LogP contribution in [0.25, 0.3) is 0 Å². The van der Waals surface area contributed by atoms with Crippen LogP contribution in [0.2, 0.25) is 0 Å². The zero-order valence-corrected chi connectivity index (χ0v) is 13.1.